The van der Waals surface area contributed by atoms with Gasteiger partial charge in [0.25, 0.3) is 0 Å². The van der Waals surface area contributed by atoms with Crippen LogP contribution in [0.2, 0.25) is 0 Å². The van der Waals surface area contributed by atoms with Gasteiger partial charge in [0, 0.05) is 31.1 Å². The molecule has 4 nitrogen and oxygen atoms in total. The number of hydrogen-bond acceptors (Lipinski definition) is 4. The first-order valence-electron chi connectivity index (χ1n) is 8.47. The molecule has 0 spiro atoms. The first kappa shape index (κ1) is 17.7. The van der Waals surface area contributed by atoms with Crippen LogP contribution in [0.15, 0.2) is 54.6 Å². The number of carbonyl (C=O) groups is 1. The number of ether oxygens (including phenoxy) is 1. The lowest BCUT2D eigenvalue weighted by Crippen LogP contribution is -2.48. The summed E-state index contributed by atoms with van der Waals surface area (Å²) in [6, 6.07) is 15.1. The van der Waals surface area contributed by atoms with E-state index < -0.39 is 6.10 Å². The molecule has 2 aromatic carbocycles. The first-order valence-corrected chi connectivity index (χ1v) is 8.47. The van der Waals surface area contributed by atoms with Gasteiger partial charge in [0.1, 0.15) is 5.82 Å². The molecule has 5 heteroatoms. The highest BCUT2D eigenvalue weighted by atomic mass is 19.1. The Bertz CT molecular complexity index is 707. The molecule has 1 saturated heterocycles. The van der Waals surface area contributed by atoms with E-state index in [1.54, 1.807) is 24.3 Å². The van der Waals surface area contributed by atoms with E-state index in [-0.39, 0.29) is 17.6 Å². The van der Waals surface area contributed by atoms with Crippen molar-refractivity contribution in [2.45, 2.75) is 18.6 Å². The minimum Gasteiger partial charge on any atom is -0.387 e. The van der Waals surface area contributed by atoms with Crippen molar-refractivity contribution >= 4 is 5.78 Å². The number of ketones is 1. The summed E-state index contributed by atoms with van der Waals surface area (Å²) in [6.45, 7) is 2.00. The van der Waals surface area contributed by atoms with Crippen molar-refractivity contribution in [2.75, 3.05) is 26.3 Å². The van der Waals surface area contributed by atoms with Crippen LogP contribution in [0, 0.1) is 5.82 Å². The van der Waals surface area contributed by atoms with Crippen molar-refractivity contribution in [3.63, 3.8) is 0 Å². The quantitative estimate of drug-likeness (QED) is 0.820. The number of hydrogen-bond donors (Lipinski definition) is 1. The average molecular weight is 343 g/mol. The third-order valence-corrected chi connectivity index (χ3v) is 4.51. The molecule has 0 amide bonds. The smallest absolute Gasteiger partial charge is 0.164 e. The maximum Gasteiger partial charge on any atom is 0.164 e. The van der Waals surface area contributed by atoms with Crippen LogP contribution in [0.25, 0.3) is 0 Å². The number of benzene rings is 2. The second kappa shape index (κ2) is 8.34. The molecule has 2 aromatic rings. The van der Waals surface area contributed by atoms with E-state index >= 15 is 0 Å². The molecule has 0 radical (unpaired) electrons. The zero-order valence-corrected chi connectivity index (χ0v) is 14.0. The van der Waals surface area contributed by atoms with Crippen molar-refractivity contribution in [3.8, 4) is 0 Å². The van der Waals surface area contributed by atoms with E-state index in [2.05, 4.69) is 4.90 Å². The zero-order chi connectivity index (χ0) is 17.6. The largest absolute Gasteiger partial charge is 0.387 e. The van der Waals surface area contributed by atoms with Gasteiger partial charge in [0.2, 0.25) is 0 Å². The Balaban J connectivity index is 1.65. The van der Waals surface area contributed by atoms with Crippen LogP contribution in [-0.2, 0) is 4.74 Å². The monoisotopic (exact) mass is 343 g/mol. The van der Waals surface area contributed by atoms with Gasteiger partial charge in [-0.25, -0.2) is 4.39 Å². The third-order valence-electron chi connectivity index (χ3n) is 4.51. The number of aliphatic hydroxyl groups excluding tert-OH is 1. The minimum atomic E-state index is -0.803. The van der Waals surface area contributed by atoms with E-state index in [9.17, 15) is 14.3 Å². The molecule has 3 rings (SSSR count). The number of morpholine rings is 1. The van der Waals surface area contributed by atoms with Crippen LogP contribution in [0.1, 0.15) is 28.4 Å². The highest BCUT2D eigenvalue weighted by Crippen LogP contribution is 2.20. The summed E-state index contributed by atoms with van der Waals surface area (Å²) in [5, 5.41) is 10.4. The van der Waals surface area contributed by atoms with E-state index in [4.69, 9.17) is 4.74 Å². The number of rotatable bonds is 6. The van der Waals surface area contributed by atoms with Crippen LogP contribution in [0.5, 0.6) is 0 Å². The third kappa shape index (κ3) is 4.72. The lowest BCUT2D eigenvalue weighted by Gasteiger charge is -2.36. The van der Waals surface area contributed by atoms with Crippen molar-refractivity contribution in [1.29, 1.82) is 0 Å². The summed E-state index contributed by atoms with van der Waals surface area (Å²) in [4.78, 5) is 14.5. The molecule has 1 N–H and O–H groups in total. The van der Waals surface area contributed by atoms with Gasteiger partial charge in [0.05, 0.1) is 19.3 Å². The lowest BCUT2D eigenvalue weighted by molar-refractivity contribution is -0.0272. The summed E-state index contributed by atoms with van der Waals surface area (Å²) in [7, 11) is 0. The van der Waals surface area contributed by atoms with Gasteiger partial charge >= 0.3 is 0 Å². The fraction of sp³-hybridized carbons (Fsp3) is 0.350. The number of nitrogens with zero attached hydrogens (tertiary/aromatic N) is 1. The van der Waals surface area contributed by atoms with Crippen molar-refractivity contribution in [1.82, 2.24) is 4.90 Å². The Morgan fingerprint density at radius 3 is 2.80 bits per heavy atom. The van der Waals surface area contributed by atoms with Crippen molar-refractivity contribution in [2.24, 2.45) is 0 Å². The maximum absolute atomic E-state index is 13.4. The van der Waals surface area contributed by atoms with Gasteiger partial charge in [-0.3, -0.25) is 9.69 Å². The standard InChI is InChI=1S/C20H22FNO3/c21-17-8-4-7-16(11-17)20(24)13-22-9-10-25-14-18(22)12-19(23)15-5-2-1-3-6-15/h1-8,11,18,20,24H,9-10,12-14H2. The Morgan fingerprint density at radius 1 is 1.24 bits per heavy atom. The topological polar surface area (TPSA) is 49.8 Å². The van der Waals surface area contributed by atoms with Gasteiger partial charge in [-0.05, 0) is 17.7 Å². The Kier molecular flexibility index (Phi) is 5.91. The highest BCUT2D eigenvalue weighted by Gasteiger charge is 2.27. The SMILES string of the molecule is O=C(CC1COCCN1CC(O)c1cccc(F)c1)c1ccccc1. The molecule has 1 heterocycles. The Labute approximate surface area is 146 Å². The predicted molar refractivity (Wildman–Crippen MR) is 92.9 cm³/mol. The maximum atomic E-state index is 13.4. The predicted octanol–water partition coefficient (Wildman–Crippen LogP) is 2.83. The molecule has 0 aliphatic carbocycles. The Hall–Kier alpha value is -2.08. The average Bonchev–Trinajstić information content (AvgIpc) is 2.64. The summed E-state index contributed by atoms with van der Waals surface area (Å²) in [5.41, 5.74) is 1.22. The number of carbonyl (C=O) groups excluding carboxylic acids is 1. The molecular formula is C20H22FNO3. The van der Waals surface area contributed by atoms with Gasteiger partial charge in [0.15, 0.2) is 5.78 Å². The van der Waals surface area contributed by atoms with Crippen molar-refractivity contribution < 1.29 is 19.0 Å². The number of aliphatic hydroxyl groups is 1. The highest BCUT2D eigenvalue weighted by molar-refractivity contribution is 5.96. The molecule has 1 fully saturated rings. The molecule has 132 valence electrons. The van der Waals surface area contributed by atoms with E-state index in [1.165, 1.54) is 12.1 Å². The van der Waals surface area contributed by atoms with Crippen molar-refractivity contribution in [3.05, 3.63) is 71.5 Å². The van der Waals surface area contributed by atoms with Crippen LogP contribution in [0.4, 0.5) is 4.39 Å². The normalized spacial score (nSPS) is 19.5. The number of halogens is 1. The van der Waals surface area contributed by atoms with E-state index in [0.717, 1.165) is 0 Å². The molecule has 0 saturated carbocycles. The number of Topliss-reactive ketones (excluding diaryl/α,β-unsaturated/α-hetero) is 1. The molecule has 2 unspecified atom stereocenters. The summed E-state index contributed by atoms with van der Waals surface area (Å²) >= 11 is 0. The van der Waals surface area contributed by atoms with Crippen LogP contribution in [0.3, 0.4) is 0 Å². The molecular weight excluding hydrogens is 321 g/mol. The summed E-state index contributed by atoms with van der Waals surface area (Å²) in [6.07, 6.45) is -0.469. The fourth-order valence-electron chi connectivity index (χ4n) is 3.11. The second-order valence-corrected chi connectivity index (χ2v) is 6.29. The lowest BCUT2D eigenvalue weighted by atomic mass is 10.0. The van der Waals surface area contributed by atoms with Crippen LogP contribution < -0.4 is 0 Å². The zero-order valence-electron chi connectivity index (χ0n) is 14.0. The van der Waals surface area contributed by atoms with Crippen LogP contribution >= 0.6 is 0 Å². The summed E-state index contributed by atoms with van der Waals surface area (Å²) < 4.78 is 18.9. The molecule has 0 bridgehead atoms. The Morgan fingerprint density at radius 2 is 2.04 bits per heavy atom. The molecule has 1 aliphatic heterocycles. The molecule has 25 heavy (non-hydrogen) atoms. The van der Waals surface area contributed by atoms with E-state index in [0.29, 0.717) is 43.9 Å². The first-order chi connectivity index (χ1) is 12.1. The molecule has 0 aromatic heterocycles. The number of β-amino-alcohol motifs (C(OH)–C–C–N with tert-alkyl or cyclic N) is 1. The van der Waals surface area contributed by atoms with Gasteiger partial charge in [-0.1, -0.05) is 42.5 Å². The van der Waals surface area contributed by atoms with E-state index in [1.807, 2.05) is 18.2 Å². The molecule has 2 atom stereocenters. The second-order valence-electron chi connectivity index (χ2n) is 6.29. The van der Waals surface area contributed by atoms with Crippen LogP contribution in [-0.4, -0.2) is 48.1 Å². The fourth-order valence-corrected chi connectivity index (χ4v) is 3.11. The van der Waals surface area contributed by atoms with Gasteiger partial charge in [-0.2, -0.15) is 0 Å². The minimum absolute atomic E-state index is 0.0568. The van der Waals surface area contributed by atoms with Gasteiger partial charge < -0.3 is 9.84 Å². The van der Waals surface area contributed by atoms with Gasteiger partial charge in [-0.15, -0.1) is 0 Å². The molecule has 1 aliphatic rings. The summed E-state index contributed by atoms with van der Waals surface area (Å²) in [5.74, 6) is -0.310.